The van der Waals surface area contributed by atoms with Crippen LogP contribution in [0.5, 0.6) is 0 Å². The number of carbonyl (C=O) groups is 2. The number of likely N-dealkylation sites (N-methyl/N-ethyl adjacent to an activating group) is 1. The second-order valence-electron chi connectivity index (χ2n) is 4.56. The number of methoxy groups -OCH3 is 1. The first-order valence-corrected chi connectivity index (χ1v) is 6.05. The van der Waals surface area contributed by atoms with E-state index in [0.29, 0.717) is 0 Å². The van der Waals surface area contributed by atoms with E-state index in [1.807, 2.05) is 32.0 Å². The van der Waals surface area contributed by atoms with E-state index in [1.54, 1.807) is 11.9 Å². The molecule has 1 rings (SSSR count). The number of esters is 1. The number of rotatable bonds is 5. The third-order valence-corrected chi connectivity index (χ3v) is 2.79. The number of amides is 1. The van der Waals surface area contributed by atoms with Gasteiger partial charge in [-0.1, -0.05) is 18.2 Å². The van der Waals surface area contributed by atoms with Gasteiger partial charge in [-0.3, -0.25) is 14.5 Å². The van der Waals surface area contributed by atoms with Crippen molar-refractivity contribution in [1.29, 1.82) is 0 Å². The molecule has 0 saturated heterocycles. The molecule has 0 aromatic heterocycles. The summed E-state index contributed by atoms with van der Waals surface area (Å²) < 4.78 is 4.55. The van der Waals surface area contributed by atoms with Crippen LogP contribution in [0.3, 0.4) is 0 Å². The predicted octanol–water partition coefficient (Wildman–Crippen LogP) is 1.35. The standard InChI is InChI=1S/C14H20N2O3/c1-10-6-5-7-11(2)14(10)15-12(17)8-16(3)9-13(18)19-4/h5-7H,8-9H2,1-4H3,(H,15,17). The first-order valence-electron chi connectivity index (χ1n) is 6.05. The molecule has 5 nitrogen and oxygen atoms in total. The van der Waals surface area contributed by atoms with Crippen molar-refractivity contribution in [2.75, 3.05) is 32.6 Å². The molecule has 0 unspecified atom stereocenters. The molecule has 0 fully saturated rings. The average Bonchev–Trinajstić information content (AvgIpc) is 2.33. The van der Waals surface area contributed by atoms with Crippen molar-refractivity contribution >= 4 is 17.6 Å². The van der Waals surface area contributed by atoms with Gasteiger partial charge in [0.15, 0.2) is 0 Å². The molecule has 1 amide bonds. The first-order chi connectivity index (χ1) is 8.93. The Kier molecular flexibility index (Phi) is 5.51. The van der Waals surface area contributed by atoms with Crippen LogP contribution in [0.1, 0.15) is 11.1 Å². The van der Waals surface area contributed by atoms with Gasteiger partial charge in [0.1, 0.15) is 0 Å². The van der Waals surface area contributed by atoms with Crippen molar-refractivity contribution in [2.24, 2.45) is 0 Å². The lowest BCUT2D eigenvalue weighted by atomic mass is 10.1. The Balaban J connectivity index is 2.58. The third kappa shape index (κ3) is 4.71. The Hall–Kier alpha value is -1.88. The van der Waals surface area contributed by atoms with E-state index in [2.05, 4.69) is 10.1 Å². The van der Waals surface area contributed by atoms with Crippen molar-refractivity contribution < 1.29 is 14.3 Å². The molecule has 0 aliphatic rings. The first kappa shape index (κ1) is 15.2. The number of hydrogen-bond donors (Lipinski definition) is 1. The monoisotopic (exact) mass is 264 g/mol. The van der Waals surface area contributed by atoms with Gasteiger partial charge in [-0.15, -0.1) is 0 Å². The van der Waals surface area contributed by atoms with Gasteiger partial charge in [0.25, 0.3) is 0 Å². The summed E-state index contributed by atoms with van der Waals surface area (Å²) >= 11 is 0. The van der Waals surface area contributed by atoms with Crippen LogP contribution in [0.4, 0.5) is 5.69 Å². The molecule has 0 radical (unpaired) electrons. The Morgan fingerprint density at radius 3 is 2.32 bits per heavy atom. The summed E-state index contributed by atoms with van der Waals surface area (Å²) in [5.41, 5.74) is 2.87. The Bertz CT molecular complexity index is 452. The third-order valence-electron chi connectivity index (χ3n) is 2.79. The molecular weight excluding hydrogens is 244 g/mol. The van der Waals surface area contributed by atoms with Crippen LogP contribution in [0.2, 0.25) is 0 Å². The molecule has 0 atom stereocenters. The minimum absolute atomic E-state index is 0.0939. The van der Waals surface area contributed by atoms with Crippen molar-refractivity contribution in [1.82, 2.24) is 4.90 Å². The zero-order valence-electron chi connectivity index (χ0n) is 11.8. The van der Waals surface area contributed by atoms with Gasteiger partial charge in [-0.25, -0.2) is 0 Å². The number of para-hydroxylation sites is 1. The minimum atomic E-state index is -0.359. The van der Waals surface area contributed by atoms with Crippen LogP contribution in [-0.2, 0) is 14.3 Å². The summed E-state index contributed by atoms with van der Waals surface area (Å²) in [6.07, 6.45) is 0. The zero-order chi connectivity index (χ0) is 14.4. The topological polar surface area (TPSA) is 58.6 Å². The molecule has 5 heteroatoms. The van der Waals surface area contributed by atoms with Crippen molar-refractivity contribution in [3.63, 3.8) is 0 Å². The van der Waals surface area contributed by atoms with Gasteiger partial charge in [0.2, 0.25) is 5.91 Å². The molecular formula is C14H20N2O3. The fourth-order valence-electron chi connectivity index (χ4n) is 1.78. The van der Waals surface area contributed by atoms with E-state index in [1.165, 1.54) is 7.11 Å². The highest BCUT2D eigenvalue weighted by atomic mass is 16.5. The van der Waals surface area contributed by atoms with E-state index in [9.17, 15) is 9.59 Å². The summed E-state index contributed by atoms with van der Waals surface area (Å²) in [7, 11) is 3.02. The maximum atomic E-state index is 11.9. The SMILES string of the molecule is COC(=O)CN(C)CC(=O)Nc1c(C)cccc1C. The number of anilines is 1. The smallest absolute Gasteiger partial charge is 0.319 e. The molecule has 0 saturated carbocycles. The number of benzene rings is 1. The summed E-state index contributed by atoms with van der Waals surface area (Å²) in [6.45, 7) is 4.13. The number of carbonyl (C=O) groups excluding carboxylic acids is 2. The summed E-state index contributed by atoms with van der Waals surface area (Å²) in [6, 6.07) is 5.84. The molecule has 0 spiro atoms. The number of ether oxygens (including phenoxy) is 1. The number of hydrogen-bond acceptors (Lipinski definition) is 4. The van der Waals surface area contributed by atoms with Crippen LogP contribution in [-0.4, -0.2) is 44.0 Å². The van der Waals surface area contributed by atoms with Crippen LogP contribution in [0, 0.1) is 13.8 Å². The quantitative estimate of drug-likeness (QED) is 0.816. The second kappa shape index (κ2) is 6.89. The molecule has 0 heterocycles. The van der Waals surface area contributed by atoms with Gasteiger partial charge in [0.05, 0.1) is 20.2 Å². The van der Waals surface area contributed by atoms with Crippen LogP contribution in [0.25, 0.3) is 0 Å². The van der Waals surface area contributed by atoms with E-state index in [4.69, 9.17) is 0 Å². The molecule has 19 heavy (non-hydrogen) atoms. The molecule has 0 aliphatic heterocycles. The fourth-order valence-corrected chi connectivity index (χ4v) is 1.78. The number of nitrogens with zero attached hydrogens (tertiary/aromatic N) is 1. The van der Waals surface area contributed by atoms with Gasteiger partial charge in [-0.05, 0) is 32.0 Å². The number of aryl methyl sites for hydroxylation is 2. The van der Waals surface area contributed by atoms with Gasteiger partial charge < -0.3 is 10.1 Å². The van der Waals surface area contributed by atoms with Crippen LogP contribution in [0.15, 0.2) is 18.2 Å². The second-order valence-corrected chi connectivity index (χ2v) is 4.56. The predicted molar refractivity (Wildman–Crippen MR) is 74.1 cm³/mol. The summed E-state index contributed by atoms with van der Waals surface area (Å²) in [4.78, 5) is 24.6. The van der Waals surface area contributed by atoms with Crippen molar-refractivity contribution in [3.8, 4) is 0 Å². The lowest BCUT2D eigenvalue weighted by Gasteiger charge is -2.16. The van der Waals surface area contributed by atoms with E-state index >= 15 is 0 Å². The maximum Gasteiger partial charge on any atom is 0.319 e. The summed E-state index contributed by atoms with van der Waals surface area (Å²) in [5, 5.41) is 2.87. The molecule has 104 valence electrons. The molecule has 1 aromatic rings. The highest BCUT2D eigenvalue weighted by Crippen LogP contribution is 2.19. The maximum absolute atomic E-state index is 11.9. The van der Waals surface area contributed by atoms with Gasteiger partial charge in [0, 0.05) is 5.69 Å². The molecule has 0 aliphatic carbocycles. The minimum Gasteiger partial charge on any atom is -0.468 e. The molecule has 0 bridgehead atoms. The fraction of sp³-hybridized carbons (Fsp3) is 0.429. The van der Waals surface area contributed by atoms with Crippen LogP contribution < -0.4 is 5.32 Å². The van der Waals surface area contributed by atoms with Crippen molar-refractivity contribution in [3.05, 3.63) is 29.3 Å². The van der Waals surface area contributed by atoms with E-state index in [0.717, 1.165) is 16.8 Å². The highest BCUT2D eigenvalue weighted by Gasteiger charge is 2.12. The zero-order valence-corrected chi connectivity index (χ0v) is 11.8. The summed E-state index contributed by atoms with van der Waals surface area (Å²) in [5.74, 6) is -0.508. The molecule has 1 N–H and O–H groups in total. The average molecular weight is 264 g/mol. The molecule has 1 aromatic carbocycles. The Morgan fingerprint density at radius 2 is 1.79 bits per heavy atom. The largest absolute Gasteiger partial charge is 0.468 e. The highest BCUT2D eigenvalue weighted by molar-refractivity contribution is 5.94. The number of nitrogens with one attached hydrogen (secondary N) is 1. The van der Waals surface area contributed by atoms with E-state index < -0.39 is 0 Å². The van der Waals surface area contributed by atoms with Crippen LogP contribution >= 0.6 is 0 Å². The Labute approximate surface area is 113 Å². The van der Waals surface area contributed by atoms with E-state index in [-0.39, 0.29) is 25.0 Å². The lowest BCUT2D eigenvalue weighted by Crippen LogP contribution is -2.34. The normalized spacial score (nSPS) is 10.4. The Morgan fingerprint density at radius 1 is 1.21 bits per heavy atom. The van der Waals surface area contributed by atoms with Gasteiger partial charge >= 0.3 is 5.97 Å². The van der Waals surface area contributed by atoms with Gasteiger partial charge in [-0.2, -0.15) is 0 Å². The lowest BCUT2D eigenvalue weighted by molar-refractivity contribution is -0.141. The van der Waals surface area contributed by atoms with Crippen molar-refractivity contribution in [2.45, 2.75) is 13.8 Å².